The van der Waals surface area contributed by atoms with E-state index < -0.39 is 0 Å². The molecule has 0 radical (unpaired) electrons. The lowest BCUT2D eigenvalue weighted by Gasteiger charge is -2.07. The first kappa shape index (κ1) is 13.5. The molecular formula is C21H15NO. The van der Waals surface area contributed by atoms with Crippen molar-refractivity contribution in [3.05, 3.63) is 102 Å². The molecule has 0 aliphatic heterocycles. The smallest absolute Gasteiger partial charge is 0.193 e. The van der Waals surface area contributed by atoms with Crippen LogP contribution in [-0.2, 0) is 0 Å². The molecule has 0 N–H and O–H groups in total. The minimum absolute atomic E-state index is 0.0563. The van der Waals surface area contributed by atoms with Crippen molar-refractivity contribution in [2.45, 2.75) is 0 Å². The standard InChI is InChI=1S/C21H15NO/c23-21(20-9-5-7-16-6-1-2-8-19(16)20)17-10-12-18(13-11-17)22-14-3-4-15-22/h1-15H. The van der Waals surface area contributed by atoms with Gasteiger partial charge in [0.2, 0.25) is 0 Å². The number of aromatic nitrogens is 1. The molecule has 4 rings (SSSR count). The fraction of sp³-hybridized carbons (Fsp3) is 0. The normalized spacial score (nSPS) is 10.8. The van der Waals surface area contributed by atoms with Crippen LogP contribution < -0.4 is 0 Å². The highest BCUT2D eigenvalue weighted by Crippen LogP contribution is 2.22. The van der Waals surface area contributed by atoms with Gasteiger partial charge in [0, 0.05) is 29.2 Å². The van der Waals surface area contributed by atoms with Gasteiger partial charge in [-0.25, -0.2) is 0 Å². The lowest BCUT2D eigenvalue weighted by atomic mass is 9.97. The Morgan fingerprint density at radius 2 is 1.39 bits per heavy atom. The quantitative estimate of drug-likeness (QED) is 0.495. The maximum absolute atomic E-state index is 12.9. The molecule has 1 heterocycles. The minimum Gasteiger partial charge on any atom is -0.324 e. The van der Waals surface area contributed by atoms with E-state index in [0.29, 0.717) is 5.56 Å². The van der Waals surface area contributed by atoms with Crippen molar-refractivity contribution in [1.29, 1.82) is 0 Å². The molecule has 0 unspecified atom stereocenters. The molecule has 4 aromatic rings. The van der Waals surface area contributed by atoms with Gasteiger partial charge in [-0.05, 0) is 47.2 Å². The molecular weight excluding hydrogens is 282 g/mol. The predicted octanol–water partition coefficient (Wildman–Crippen LogP) is 4.86. The van der Waals surface area contributed by atoms with Crippen LogP contribution in [0.4, 0.5) is 0 Å². The van der Waals surface area contributed by atoms with E-state index in [1.165, 1.54) is 0 Å². The predicted molar refractivity (Wildman–Crippen MR) is 93.1 cm³/mol. The lowest BCUT2D eigenvalue weighted by molar-refractivity contribution is 0.104. The van der Waals surface area contributed by atoms with E-state index in [0.717, 1.165) is 22.0 Å². The van der Waals surface area contributed by atoms with Gasteiger partial charge in [0.25, 0.3) is 0 Å². The summed E-state index contributed by atoms with van der Waals surface area (Å²) in [5, 5.41) is 2.08. The molecule has 23 heavy (non-hydrogen) atoms. The number of ketones is 1. The molecule has 0 amide bonds. The number of nitrogens with zero attached hydrogens (tertiary/aromatic N) is 1. The summed E-state index contributed by atoms with van der Waals surface area (Å²) in [5.74, 6) is 0.0563. The van der Waals surface area contributed by atoms with Gasteiger partial charge >= 0.3 is 0 Å². The summed E-state index contributed by atoms with van der Waals surface area (Å²) in [5.41, 5.74) is 2.50. The zero-order chi connectivity index (χ0) is 15.6. The second-order valence-electron chi connectivity index (χ2n) is 5.49. The highest BCUT2D eigenvalue weighted by molar-refractivity contribution is 6.16. The molecule has 0 aliphatic carbocycles. The highest BCUT2D eigenvalue weighted by atomic mass is 16.1. The van der Waals surface area contributed by atoms with Crippen molar-refractivity contribution in [3.8, 4) is 5.69 Å². The Morgan fingerprint density at radius 1 is 0.696 bits per heavy atom. The summed E-state index contributed by atoms with van der Waals surface area (Å²) >= 11 is 0. The van der Waals surface area contributed by atoms with Crippen molar-refractivity contribution in [2.24, 2.45) is 0 Å². The average molecular weight is 297 g/mol. The van der Waals surface area contributed by atoms with Crippen LogP contribution in [0.25, 0.3) is 16.5 Å². The van der Waals surface area contributed by atoms with Gasteiger partial charge in [0.15, 0.2) is 5.78 Å². The SMILES string of the molecule is O=C(c1ccc(-n2cccc2)cc1)c1cccc2ccccc12. The molecule has 2 nitrogen and oxygen atoms in total. The first-order chi connectivity index (χ1) is 11.3. The summed E-state index contributed by atoms with van der Waals surface area (Å²) in [7, 11) is 0. The number of fused-ring (bicyclic) bond motifs is 1. The van der Waals surface area contributed by atoms with E-state index in [1.807, 2.05) is 95.8 Å². The van der Waals surface area contributed by atoms with Crippen LogP contribution in [0.2, 0.25) is 0 Å². The largest absolute Gasteiger partial charge is 0.324 e. The summed E-state index contributed by atoms with van der Waals surface area (Å²) in [6.07, 6.45) is 3.98. The third-order valence-electron chi connectivity index (χ3n) is 4.07. The maximum Gasteiger partial charge on any atom is 0.193 e. The van der Waals surface area contributed by atoms with Crippen molar-refractivity contribution in [2.75, 3.05) is 0 Å². The van der Waals surface area contributed by atoms with Crippen LogP contribution in [0.1, 0.15) is 15.9 Å². The molecule has 0 fully saturated rings. The van der Waals surface area contributed by atoms with Gasteiger partial charge in [0.05, 0.1) is 0 Å². The van der Waals surface area contributed by atoms with Gasteiger partial charge in [0.1, 0.15) is 0 Å². The van der Waals surface area contributed by atoms with E-state index in [4.69, 9.17) is 0 Å². The first-order valence-electron chi connectivity index (χ1n) is 7.59. The van der Waals surface area contributed by atoms with Crippen LogP contribution in [0.3, 0.4) is 0 Å². The molecule has 110 valence electrons. The summed E-state index contributed by atoms with van der Waals surface area (Å²) in [4.78, 5) is 12.9. The van der Waals surface area contributed by atoms with Gasteiger partial charge in [-0.2, -0.15) is 0 Å². The monoisotopic (exact) mass is 297 g/mol. The Balaban J connectivity index is 1.74. The van der Waals surface area contributed by atoms with E-state index in [1.54, 1.807) is 0 Å². The van der Waals surface area contributed by atoms with Crippen LogP contribution >= 0.6 is 0 Å². The number of hydrogen-bond donors (Lipinski definition) is 0. The second-order valence-corrected chi connectivity index (χ2v) is 5.49. The van der Waals surface area contributed by atoms with E-state index in [-0.39, 0.29) is 5.78 Å². The van der Waals surface area contributed by atoms with Crippen molar-refractivity contribution in [1.82, 2.24) is 4.57 Å². The zero-order valence-corrected chi connectivity index (χ0v) is 12.5. The molecule has 0 spiro atoms. The second kappa shape index (κ2) is 5.58. The van der Waals surface area contributed by atoms with Crippen molar-refractivity contribution >= 4 is 16.6 Å². The Labute approximate surface area is 134 Å². The van der Waals surface area contributed by atoms with Crippen molar-refractivity contribution < 1.29 is 4.79 Å². The van der Waals surface area contributed by atoms with E-state index >= 15 is 0 Å². The Bertz CT molecular complexity index is 961. The van der Waals surface area contributed by atoms with Crippen LogP contribution in [-0.4, -0.2) is 10.4 Å². The van der Waals surface area contributed by atoms with Crippen LogP contribution in [0.5, 0.6) is 0 Å². The molecule has 0 saturated carbocycles. The molecule has 2 heteroatoms. The van der Waals surface area contributed by atoms with Crippen molar-refractivity contribution in [3.63, 3.8) is 0 Å². The summed E-state index contributed by atoms with van der Waals surface area (Å²) in [6.45, 7) is 0. The molecule has 0 saturated heterocycles. The summed E-state index contributed by atoms with van der Waals surface area (Å²) < 4.78 is 2.02. The van der Waals surface area contributed by atoms with Gasteiger partial charge in [-0.1, -0.05) is 42.5 Å². The Hall–Kier alpha value is -3.13. The van der Waals surface area contributed by atoms with E-state index in [9.17, 15) is 4.79 Å². The van der Waals surface area contributed by atoms with Gasteiger partial charge in [-0.3, -0.25) is 4.79 Å². The van der Waals surface area contributed by atoms with Crippen LogP contribution in [0.15, 0.2) is 91.3 Å². The molecule has 1 aromatic heterocycles. The molecule has 0 aliphatic rings. The fourth-order valence-electron chi connectivity index (χ4n) is 2.87. The molecule has 0 bridgehead atoms. The summed E-state index contributed by atoms with van der Waals surface area (Å²) in [6, 6.07) is 25.5. The third kappa shape index (κ3) is 2.44. The Morgan fingerprint density at radius 3 is 2.17 bits per heavy atom. The number of rotatable bonds is 3. The van der Waals surface area contributed by atoms with Crippen LogP contribution in [0, 0.1) is 0 Å². The minimum atomic E-state index is 0.0563. The average Bonchev–Trinajstić information content (AvgIpc) is 3.15. The lowest BCUT2D eigenvalue weighted by Crippen LogP contribution is -2.02. The first-order valence-corrected chi connectivity index (χ1v) is 7.59. The topological polar surface area (TPSA) is 22.0 Å². The third-order valence-corrected chi connectivity index (χ3v) is 4.07. The van der Waals surface area contributed by atoms with E-state index in [2.05, 4.69) is 0 Å². The number of hydrogen-bond acceptors (Lipinski definition) is 1. The number of carbonyl (C=O) groups is 1. The Kier molecular flexibility index (Phi) is 3.28. The fourth-order valence-corrected chi connectivity index (χ4v) is 2.87. The highest BCUT2D eigenvalue weighted by Gasteiger charge is 2.12. The molecule has 3 aromatic carbocycles. The number of benzene rings is 3. The van der Waals surface area contributed by atoms with Gasteiger partial charge in [-0.15, -0.1) is 0 Å². The number of carbonyl (C=O) groups excluding carboxylic acids is 1. The zero-order valence-electron chi connectivity index (χ0n) is 12.5. The van der Waals surface area contributed by atoms with Gasteiger partial charge < -0.3 is 4.57 Å². The maximum atomic E-state index is 12.9. The molecule has 0 atom stereocenters.